The first-order chi connectivity index (χ1) is 8.47. The van der Waals surface area contributed by atoms with Crippen LogP contribution in [-0.4, -0.2) is 11.1 Å². The molecule has 0 aliphatic heterocycles. The maximum atomic E-state index is 12.5. The van der Waals surface area contributed by atoms with Crippen molar-refractivity contribution in [1.29, 1.82) is 0 Å². The van der Waals surface area contributed by atoms with E-state index in [0.29, 0.717) is 0 Å². The van der Waals surface area contributed by atoms with E-state index in [0.717, 1.165) is 12.1 Å². The van der Waals surface area contributed by atoms with Gasteiger partial charge in [0.25, 0.3) is 5.91 Å². The lowest BCUT2D eigenvalue weighted by atomic mass is 10.1. The lowest BCUT2D eigenvalue weighted by Crippen LogP contribution is -2.13. The minimum Gasteiger partial charge on any atom is -0.363 e. The van der Waals surface area contributed by atoms with Crippen LogP contribution < -0.4 is 5.32 Å². The Hall–Kier alpha value is -2.31. The van der Waals surface area contributed by atoms with Gasteiger partial charge in [-0.3, -0.25) is 4.79 Å². The predicted molar refractivity (Wildman–Crippen MR) is 55.9 cm³/mol. The van der Waals surface area contributed by atoms with Crippen LogP contribution in [0.25, 0.3) is 0 Å². The molecule has 0 aliphatic carbocycles. The molecule has 1 N–H and O–H groups in total. The Labute approximate surface area is 99.4 Å². The van der Waals surface area contributed by atoms with Gasteiger partial charge in [0, 0.05) is 5.56 Å². The zero-order valence-electron chi connectivity index (χ0n) is 8.86. The summed E-state index contributed by atoms with van der Waals surface area (Å²) in [5.41, 5.74) is -0.691. The number of aromatic nitrogens is 1. The van der Waals surface area contributed by atoms with Crippen molar-refractivity contribution < 1.29 is 22.5 Å². The predicted octanol–water partition coefficient (Wildman–Crippen LogP) is 2.95. The van der Waals surface area contributed by atoms with Gasteiger partial charge < -0.3 is 9.84 Å². The number of carbonyl (C=O) groups excluding carboxylic acids is 1. The summed E-state index contributed by atoms with van der Waals surface area (Å²) in [7, 11) is 0. The topological polar surface area (TPSA) is 55.1 Å². The lowest BCUT2D eigenvalue weighted by molar-refractivity contribution is -0.137. The van der Waals surface area contributed by atoms with Crippen molar-refractivity contribution in [3.05, 3.63) is 47.9 Å². The van der Waals surface area contributed by atoms with Gasteiger partial charge in [0.1, 0.15) is 12.0 Å². The van der Waals surface area contributed by atoms with Crippen LogP contribution in [0.4, 0.5) is 18.9 Å². The highest BCUT2D eigenvalue weighted by Crippen LogP contribution is 2.29. The Morgan fingerprint density at radius 2 is 2.11 bits per heavy atom. The molecule has 0 spiro atoms. The van der Waals surface area contributed by atoms with Gasteiger partial charge in [-0.1, -0.05) is 11.2 Å². The van der Waals surface area contributed by atoms with Crippen molar-refractivity contribution in [2.45, 2.75) is 6.18 Å². The summed E-state index contributed by atoms with van der Waals surface area (Å²) >= 11 is 0. The van der Waals surface area contributed by atoms with E-state index in [2.05, 4.69) is 15.0 Å². The monoisotopic (exact) mass is 256 g/mol. The van der Waals surface area contributed by atoms with Crippen LogP contribution >= 0.6 is 0 Å². The van der Waals surface area contributed by atoms with Gasteiger partial charge in [-0.05, 0) is 18.2 Å². The van der Waals surface area contributed by atoms with Crippen molar-refractivity contribution in [2.75, 3.05) is 5.32 Å². The molecule has 0 saturated heterocycles. The Bertz CT molecular complexity index is 550. The molecule has 0 saturated carbocycles. The molecule has 1 aromatic heterocycles. The summed E-state index contributed by atoms with van der Waals surface area (Å²) in [4.78, 5) is 11.6. The zero-order chi connectivity index (χ0) is 13.2. The van der Waals surface area contributed by atoms with Gasteiger partial charge in [-0.2, -0.15) is 13.2 Å². The second-order valence-corrected chi connectivity index (χ2v) is 3.45. The summed E-state index contributed by atoms with van der Waals surface area (Å²) < 4.78 is 41.8. The average Bonchev–Trinajstić information content (AvgIpc) is 2.81. The number of nitrogens with zero attached hydrogens (tertiary/aromatic N) is 1. The number of benzene rings is 1. The molecular formula is C11H7F3N2O2. The van der Waals surface area contributed by atoms with Crippen LogP contribution in [0.1, 0.15) is 15.9 Å². The Morgan fingerprint density at radius 1 is 1.33 bits per heavy atom. The van der Waals surface area contributed by atoms with Gasteiger partial charge in [-0.15, -0.1) is 0 Å². The summed E-state index contributed by atoms with van der Waals surface area (Å²) in [5, 5.41) is 5.71. The maximum Gasteiger partial charge on any atom is 0.416 e. The highest BCUT2D eigenvalue weighted by Gasteiger charge is 2.30. The maximum absolute atomic E-state index is 12.5. The van der Waals surface area contributed by atoms with Gasteiger partial charge in [0.05, 0.1) is 11.8 Å². The third-order valence-electron chi connectivity index (χ3n) is 2.14. The Morgan fingerprint density at radius 3 is 2.72 bits per heavy atom. The number of halogens is 3. The summed E-state index contributed by atoms with van der Waals surface area (Å²) in [6.45, 7) is 0. The SMILES string of the molecule is O=C(Nc1cnoc1)c1cccc(C(F)(F)F)c1. The van der Waals surface area contributed by atoms with E-state index in [1.807, 2.05) is 0 Å². The first kappa shape index (κ1) is 12.2. The first-order valence-corrected chi connectivity index (χ1v) is 4.85. The Balaban J connectivity index is 2.21. The molecule has 0 aliphatic rings. The molecule has 2 rings (SSSR count). The van der Waals surface area contributed by atoms with E-state index in [9.17, 15) is 18.0 Å². The minimum absolute atomic E-state index is 0.0916. The normalized spacial score (nSPS) is 11.3. The summed E-state index contributed by atoms with van der Waals surface area (Å²) in [5.74, 6) is -0.663. The van der Waals surface area contributed by atoms with Gasteiger partial charge in [0.15, 0.2) is 0 Å². The molecule has 18 heavy (non-hydrogen) atoms. The molecule has 2 aromatic rings. The fourth-order valence-electron chi connectivity index (χ4n) is 1.31. The molecule has 0 unspecified atom stereocenters. The molecule has 1 amide bonds. The van der Waals surface area contributed by atoms with Crippen molar-refractivity contribution >= 4 is 11.6 Å². The number of hydrogen-bond donors (Lipinski definition) is 1. The average molecular weight is 256 g/mol. The lowest BCUT2D eigenvalue weighted by Gasteiger charge is -2.08. The molecule has 0 atom stereocenters. The molecule has 94 valence electrons. The van der Waals surface area contributed by atoms with Crippen molar-refractivity contribution in [2.24, 2.45) is 0 Å². The molecule has 4 nitrogen and oxygen atoms in total. The van der Waals surface area contributed by atoms with Crippen LogP contribution in [0.5, 0.6) is 0 Å². The van der Waals surface area contributed by atoms with Crippen LogP contribution in [0, 0.1) is 0 Å². The third kappa shape index (κ3) is 2.68. The van der Waals surface area contributed by atoms with E-state index in [4.69, 9.17) is 0 Å². The second kappa shape index (κ2) is 4.52. The van der Waals surface area contributed by atoms with Crippen LogP contribution in [0.2, 0.25) is 0 Å². The number of amides is 1. The molecule has 0 fully saturated rings. The van der Waals surface area contributed by atoms with Crippen molar-refractivity contribution in [3.8, 4) is 0 Å². The fourth-order valence-corrected chi connectivity index (χ4v) is 1.31. The molecule has 0 bridgehead atoms. The van der Waals surface area contributed by atoms with E-state index in [1.165, 1.54) is 24.6 Å². The first-order valence-electron chi connectivity index (χ1n) is 4.85. The molecule has 1 heterocycles. The minimum atomic E-state index is -4.48. The van der Waals surface area contributed by atoms with E-state index in [1.54, 1.807) is 0 Å². The third-order valence-corrected chi connectivity index (χ3v) is 2.14. The number of rotatable bonds is 2. The van der Waals surface area contributed by atoms with Crippen LogP contribution in [-0.2, 0) is 6.18 Å². The second-order valence-electron chi connectivity index (χ2n) is 3.45. The van der Waals surface area contributed by atoms with Crippen molar-refractivity contribution in [3.63, 3.8) is 0 Å². The van der Waals surface area contributed by atoms with Crippen LogP contribution in [0.15, 0.2) is 41.2 Å². The molecule has 1 aromatic carbocycles. The number of alkyl halides is 3. The number of anilines is 1. The largest absolute Gasteiger partial charge is 0.416 e. The van der Waals surface area contributed by atoms with Gasteiger partial charge in [-0.25, -0.2) is 0 Å². The van der Waals surface area contributed by atoms with E-state index < -0.39 is 17.6 Å². The van der Waals surface area contributed by atoms with Crippen molar-refractivity contribution in [1.82, 2.24) is 5.16 Å². The smallest absolute Gasteiger partial charge is 0.363 e. The number of hydrogen-bond acceptors (Lipinski definition) is 3. The highest BCUT2D eigenvalue weighted by molar-refractivity contribution is 6.04. The van der Waals surface area contributed by atoms with Gasteiger partial charge in [0.2, 0.25) is 0 Å². The van der Waals surface area contributed by atoms with E-state index >= 15 is 0 Å². The van der Waals surface area contributed by atoms with Crippen LogP contribution in [0.3, 0.4) is 0 Å². The zero-order valence-corrected chi connectivity index (χ0v) is 8.86. The number of carbonyl (C=O) groups is 1. The fraction of sp³-hybridized carbons (Fsp3) is 0.0909. The quantitative estimate of drug-likeness (QED) is 0.898. The number of nitrogens with one attached hydrogen (secondary N) is 1. The summed E-state index contributed by atoms with van der Waals surface area (Å²) in [6, 6.07) is 4.14. The molecule has 7 heteroatoms. The Kier molecular flexibility index (Phi) is 3.05. The molecule has 0 radical (unpaired) electrons. The molecular weight excluding hydrogens is 249 g/mol. The summed E-state index contributed by atoms with van der Waals surface area (Å²) in [6.07, 6.45) is -2.06. The van der Waals surface area contributed by atoms with Gasteiger partial charge >= 0.3 is 6.18 Å². The van der Waals surface area contributed by atoms with E-state index in [-0.39, 0.29) is 11.3 Å². The highest BCUT2D eigenvalue weighted by atomic mass is 19.4. The standard InChI is InChI=1S/C11H7F3N2O2/c12-11(13,14)8-3-1-2-7(4-8)10(17)16-9-5-15-18-6-9/h1-6H,(H,16,17).